The summed E-state index contributed by atoms with van der Waals surface area (Å²) in [4.78, 5) is 12.0. The molecule has 0 aromatic heterocycles. The van der Waals surface area contributed by atoms with E-state index in [1.807, 2.05) is 6.92 Å². The van der Waals surface area contributed by atoms with E-state index in [1.165, 1.54) is 18.4 Å². The van der Waals surface area contributed by atoms with Crippen LogP contribution < -0.4 is 0 Å². The molecule has 0 aromatic rings. The fourth-order valence-electron chi connectivity index (χ4n) is 6.44. The molecule has 0 radical (unpaired) electrons. The van der Waals surface area contributed by atoms with E-state index >= 15 is 0 Å². The zero-order valence-electron chi connectivity index (χ0n) is 14.1. The first-order valence-electron chi connectivity index (χ1n) is 8.88. The zero-order valence-corrected chi connectivity index (χ0v) is 14.1. The van der Waals surface area contributed by atoms with Crippen molar-refractivity contribution in [2.24, 2.45) is 34.5 Å². The van der Waals surface area contributed by atoms with Crippen LogP contribution in [0.2, 0.25) is 0 Å². The maximum atomic E-state index is 12.0. The standard InChI is InChI=1S/C20H30O2/c1-5-14-13(2)7-9-16-15(14)8-10-17-19(16,3)11-6-12-20(17,4)18(21)22/h5,14-17H,1-2,6-12H2,3-4H3,(H,21,22)/t14-,15-,16-,17+,19-,20+/m0/s1. The topological polar surface area (TPSA) is 37.3 Å². The first kappa shape index (κ1) is 15.8. The first-order chi connectivity index (χ1) is 10.3. The van der Waals surface area contributed by atoms with Crippen LogP contribution >= 0.6 is 0 Å². The van der Waals surface area contributed by atoms with Crippen molar-refractivity contribution in [3.63, 3.8) is 0 Å². The average Bonchev–Trinajstić information content (AvgIpc) is 2.46. The molecule has 0 unspecified atom stereocenters. The van der Waals surface area contributed by atoms with Gasteiger partial charge >= 0.3 is 5.97 Å². The van der Waals surface area contributed by atoms with Crippen LogP contribution in [-0.4, -0.2) is 11.1 Å². The number of fused-ring (bicyclic) bond motifs is 3. The molecule has 6 atom stereocenters. The number of carboxylic acid groups (broad SMARTS) is 1. The van der Waals surface area contributed by atoms with Crippen molar-refractivity contribution in [2.75, 3.05) is 0 Å². The predicted molar refractivity (Wildman–Crippen MR) is 89.5 cm³/mol. The normalized spacial score (nSPS) is 48.2. The maximum Gasteiger partial charge on any atom is 0.309 e. The van der Waals surface area contributed by atoms with E-state index in [1.54, 1.807) is 0 Å². The zero-order chi connectivity index (χ0) is 16.1. The minimum absolute atomic E-state index is 0.177. The van der Waals surface area contributed by atoms with Crippen molar-refractivity contribution < 1.29 is 9.90 Å². The number of aliphatic carboxylic acids is 1. The molecule has 1 N–H and O–H groups in total. The summed E-state index contributed by atoms with van der Waals surface area (Å²) in [6.45, 7) is 12.7. The Morgan fingerprint density at radius 1 is 1.27 bits per heavy atom. The fraction of sp³-hybridized carbons (Fsp3) is 0.750. The molecule has 0 heterocycles. The molecule has 0 spiro atoms. The third kappa shape index (κ3) is 2.02. The number of rotatable bonds is 2. The van der Waals surface area contributed by atoms with Gasteiger partial charge in [-0.15, -0.1) is 6.58 Å². The first-order valence-corrected chi connectivity index (χ1v) is 8.88. The Bertz CT molecular complexity index is 508. The third-order valence-corrected chi connectivity index (χ3v) is 7.58. The molecule has 22 heavy (non-hydrogen) atoms. The van der Waals surface area contributed by atoms with E-state index in [9.17, 15) is 9.90 Å². The Kier molecular flexibility index (Phi) is 3.78. The van der Waals surface area contributed by atoms with Crippen molar-refractivity contribution in [1.82, 2.24) is 0 Å². The monoisotopic (exact) mass is 302 g/mol. The van der Waals surface area contributed by atoms with Crippen LogP contribution in [0.5, 0.6) is 0 Å². The van der Waals surface area contributed by atoms with Crippen LogP contribution in [0.15, 0.2) is 24.8 Å². The number of carbonyl (C=O) groups is 1. The fourth-order valence-corrected chi connectivity index (χ4v) is 6.44. The summed E-state index contributed by atoms with van der Waals surface area (Å²) in [5.41, 5.74) is 0.988. The number of carboxylic acids is 1. The summed E-state index contributed by atoms with van der Waals surface area (Å²) >= 11 is 0. The molecule has 0 aliphatic heterocycles. The smallest absolute Gasteiger partial charge is 0.309 e. The molecule has 2 heteroatoms. The van der Waals surface area contributed by atoms with Gasteiger partial charge in [0.25, 0.3) is 0 Å². The van der Waals surface area contributed by atoms with Crippen LogP contribution in [-0.2, 0) is 4.79 Å². The lowest BCUT2D eigenvalue weighted by Crippen LogP contribution is -2.56. The van der Waals surface area contributed by atoms with Crippen LogP contribution in [0.1, 0.15) is 58.8 Å². The Morgan fingerprint density at radius 2 is 2.00 bits per heavy atom. The van der Waals surface area contributed by atoms with Gasteiger partial charge in [-0.25, -0.2) is 0 Å². The molecule has 3 rings (SSSR count). The van der Waals surface area contributed by atoms with Crippen molar-refractivity contribution in [3.05, 3.63) is 24.8 Å². The van der Waals surface area contributed by atoms with Gasteiger partial charge in [-0.1, -0.05) is 31.6 Å². The second-order valence-corrected chi connectivity index (χ2v) is 8.44. The lowest BCUT2D eigenvalue weighted by molar-refractivity contribution is -0.172. The Hall–Kier alpha value is -1.05. The minimum Gasteiger partial charge on any atom is -0.481 e. The van der Waals surface area contributed by atoms with Gasteiger partial charge in [0.1, 0.15) is 0 Å². The van der Waals surface area contributed by atoms with Gasteiger partial charge in [0.05, 0.1) is 5.41 Å². The van der Waals surface area contributed by atoms with Gasteiger partial charge in [0.15, 0.2) is 0 Å². The van der Waals surface area contributed by atoms with E-state index in [2.05, 4.69) is 26.2 Å². The quantitative estimate of drug-likeness (QED) is 0.724. The molecular weight excluding hydrogens is 272 g/mol. The molecule has 0 bridgehead atoms. The highest BCUT2D eigenvalue weighted by Crippen LogP contribution is 2.65. The van der Waals surface area contributed by atoms with Crippen molar-refractivity contribution >= 4 is 5.97 Å². The highest BCUT2D eigenvalue weighted by Gasteiger charge is 2.59. The van der Waals surface area contributed by atoms with Gasteiger partial charge in [-0.05, 0) is 68.6 Å². The van der Waals surface area contributed by atoms with Crippen LogP contribution in [0.25, 0.3) is 0 Å². The highest BCUT2D eigenvalue weighted by atomic mass is 16.4. The molecule has 2 nitrogen and oxygen atoms in total. The van der Waals surface area contributed by atoms with Crippen molar-refractivity contribution in [2.45, 2.75) is 58.8 Å². The van der Waals surface area contributed by atoms with Gasteiger partial charge < -0.3 is 5.11 Å². The van der Waals surface area contributed by atoms with Crippen LogP contribution in [0.4, 0.5) is 0 Å². The number of allylic oxidation sites excluding steroid dienone is 2. The Morgan fingerprint density at radius 3 is 2.64 bits per heavy atom. The van der Waals surface area contributed by atoms with Crippen LogP contribution in [0, 0.1) is 34.5 Å². The van der Waals surface area contributed by atoms with Crippen molar-refractivity contribution in [3.8, 4) is 0 Å². The van der Waals surface area contributed by atoms with E-state index in [0.717, 1.165) is 32.1 Å². The lowest BCUT2D eigenvalue weighted by Gasteiger charge is -2.61. The highest BCUT2D eigenvalue weighted by molar-refractivity contribution is 5.75. The van der Waals surface area contributed by atoms with Crippen molar-refractivity contribution in [1.29, 1.82) is 0 Å². The summed E-state index contributed by atoms with van der Waals surface area (Å²) in [5.74, 6) is 1.45. The molecule has 3 fully saturated rings. The molecular formula is C20H30O2. The summed E-state index contributed by atoms with van der Waals surface area (Å²) in [6.07, 6.45) is 9.67. The maximum absolute atomic E-state index is 12.0. The van der Waals surface area contributed by atoms with E-state index in [0.29, 0.717) is 23.7 Å². The molecule has 3 saturated carbocycles. The largest absolute Gasteiger partial charge is 0.481 e. The SMILES string of the molecule is C=C[C@H]1C(=C)CC[C@H]2[C@H]1CC[C@@H]1[C@@]2(C)CCC[C@@]1(C)C(=O)O. The molecule has 3 aliphatic rings. The molecule has 3 aliphatic carbocycles. The summed E-state index contributed by atoms with van der Waals surface area (Å²) in [5, 5.41) is 9.86. The van der Waals surface area contributed by atoms with E-state index in [-0.39, 0.29) is 5.41 Å². The molecule has 0 aromatic carbocycles. The second kappa shape index (κ2) is 5.25. The van der Waals surface area contributed by atoms with Gasteiger partial charge in [-0.3, -0.25) is 4.79 Å². The molecule has 0 amide bonds. The molecule has 122 valence electrons. The average molecular weight is 302 g/mol. The minimum atomic E-state index is -0.581. The third-order valence-electron chi connectivity index (χ3n) is 7.58. The Labute approximate surface area is 134 Å². The van der Waals surface area contributed by atoms with Gasteiger partial charge in [0, 0.05) is 5.92 Å². The van der Waals surface area contributed by atoms with Crippen LogP contribution in [0.3, 0.4) is 0 Å². The number of hydrogen-bond donors (Lipinski definition) is 1. The summed E-state index contributed by atoms with van der Waals surface area (Å²) in [6, 6.07) is 0. The summed E-state index contributed by atoms with van der Waals surface area (Å²) in [7, 11) is 0. The lowest BCUT2D eigenvalue weighted by atomic mass is 9.43. The predicted octanol–water partition coefficient (Wildman–Crippen LogP) is 5.06. The van der Waals surface area contributed by atoms with E-state index < -0.39 is 11.4 Å². The Balaban J connectivity index is 1.97. The summed E-state index contributed by atoms with van der Waals surface area (Å²) < 4.78 is 0. The second-order valence-electron chi connectivity index (χ2n) is 8.44. The van der Waals surface area contributed by atoms with E-state index in [4.69, 9.17) is 0 Å². The van der Waals surface area contributed by atoms with Gasteiger partial charge in [0.2, 0.25) is 0 Å². The number of hydrogen-bond acceptors (Lipinski definition) is 1. The molecule has 0 saturated heterocycles. The van der Waals surface area contributed by atoms with Gasteiger partial charge in [-0.2, -0.15) is 0 Å².